The molecule has 0 aliphatic carbocycles. The molecule has 1 unspecified atom stereocenters. The van der Waals surface area contributed by atoms with Crippen LogP contribution in [0.15, 0.2) is 0 Å². The van der Waals surface area contributed by atoms with E-state index in [-0.39, 0.29) is 26.2 Å². The van der Waals surface area contributed by atoms with E-state index in [2.05, 4.69) is 6.92 Å². The van der Waals surface area contributed by atoms with Crippen molar-refractivity contribution in [2.75, 3.05) is 19.8 Å². The standard InChI is InChI=1S/C15H30O5/c1-3-4-5-6-7-8-13(18)9-14(19)20-12-15(2,10-16)11-17/h13,16-18H,3-12H2,1-2H3. The molecule has 5 heteroatoms. The zero-order chi connectivity index (χ0) is 15.4. The number of carbonyl (C=O) groups excluding carboxylic acids is 1. The SMILES string of the molecule is CCCCCCCC(O)CC(=O)OCC(C)(CO)CO. The molecule has 0 aromatic rings. The summed E-state index contributed by atoms with van der Waals surface area (Å²) in [5.74, 6) is -0.487. The van der Waals surface area contributed by atoms with Gasteiger partial charge in [-0.1, -0.05) is 46.0 Å². The van der Waals surface area contributed by atoms with Gasteiger partial charge in [-0.3, -0.25) is 4.79 Å². The van der Waals surface area contributed by atoms with Crippen LogP contribution in [0, 0.1) is 5.41 Å². The molecule has 0 saturated carbocycles. The second-order valence-electron chi connectivity index (χ2n) is 5.85. The van der Waals surface area contributed by atoms with Crippen LogP contribution in [0.3, 0.4) is 0 Å². The Bertz CT molecular complexity index is 251. The Balaban J connectivity index is 3.74. The molecule has 3 N–H and O–H groups in total. The number of aliphatic hydroxyl groups is 3. The van der Waals surface area contributed by atoms with E-state index in [1.165, 1.54) is 19.3 Å². The molecule has 120 valence electrons. The minimum absolute atomic E-state index is 0.0271. The van der Waals surface area contributed by atoms with Crippen LogP contribution < -0.4 is 0 Å². The van der Waals surface area contributed by atoms with Crippen molar-refractivity contribution in [3.05, 3.63) is 0 Å². The number of hydrogen-bond acceptors (Lipinski definition) is 5. The Morgan fingerprint density at radius 3 is 2.30 bits per heavy atom. The van der Waals surface area contributed by atoms with E-state index in [9.17, 15) is 9.90 Å². The lowest BCUT2D eigenvalue weighted by atomic mass is 9.94. The summed E-state index contributed by atoms with van der Waals surface area (Å²) in [6.07, 6.45) is 5.46. The van der Waals surface area contributed by atoms with Gasteiger partial charge >= 0.3 is 5.97 Å². The van der Waals surface area contributed by atoms with Crippen molar-refractivity contribution in [3.8, 4) is 0 Å². The van der Waals surface area contributed by atoms with E-state index in [1.54, 1.807) is 6.92 Å². The van der Waals surface area contributed by atoms with Crippen LogP contribution in [0.25, 0.3) is 0 Å². The van der Waals surface area contributed by atoms with Gasteiger partial charge in [0.25, 0.3) is 0 Å². The van der Waals surface area contributed by atoms with Gasteiger partial charge in [0.1, 0.15) is 6.61 Å². The summed E-state index contributed by atoms with van der Waals surface area (Å²) in [6.45, 7) is 3.23. The Morgan fingerprint density at radius 2 is 1.75 bits per heavy atom. The van der Waals surface area contributed by atoms with Crippen molar-refractivity contribution in [1.82, 2.24) is 0 Å². The number of rotatable bonds is 12. The molecule has 0 rings (SSSR count). The van der Waals surface area contributed by atoms with E-state index < -0.39 is 17.5 Å². The smallest absolute Gasteiger partial charge is 0.308 e. The molecule has 0 bridgehead atoms. The Morgan fingerprint density at radius 1 is 1.15 bits per heavy atom. The second kappa shape index (κ2) is 11.1. The fourth-order valence-corrected chi connectivity index (χ4v) is 1.73. The summed E-state index contributed by atoms with van der Waals surface area (Å²) < 4.78 is 4.99. The lowest BCUT2D eigenvalue weighted by molar-refractivity contribution is -0.151. The van der Waals surface area contributed by atoms with Gasteiger partial charge in [0.05, 0.1) is 25.7 Å². The zero-order valence-corrected chi connectivity index (χ0v) is 12.8. The maximum Gasteiger partial charge on any atom is 0.308 e. The van der Waals surface area contributed by atoms with Crippen LogP contribution in [0.1, 0.15) is 58.8 Å². The van der Waals surface area contributed by atoms with Crippen molar-refractivity contribution < 1.29 is 24.9 Å². The lowest BCUT2D eigenvalue weighted by Gasteiger charge is -2.24. The maximum absolute atomic E-state index is 11.5. The van der Waals surface area contributed by atoms with E-state index in [0.717, 1.165) is 12.8 Å². The average Bonchev–Trinajstić information content (AvgIpc) is 2.44. The van der Waals surface area contributed by atoms with E-state index >= 15 is 0 Å². The molecule has 0 spiro atoms. The predicted molar refractivity (Wildman–Crippen MR) is 77.2 cm³/mol. The monoisotopic (exact) mass is 290 g/mol. The summed E-state index contributed by atoms with van der Waals surface area (Å²) in [5.41, 5.74) is -0.819. The first-order valence-corrected chi connectivity index (χ1v) is 7.53. The average molecular weight is 290 g/mol. The minimum Gasteiger partial charge on any atom is -0.465 e. The van der Waals surface area contributed by atoms with Gasteiger partial charge in [-0.2, -0.15) is 0 Å². The number of hydrogen-bond donors (Lipinski definition) is 3. The third-order valence-corrected chi connectivity index (χ3v) is 3.39. The van der Waals surface area contributed by atoms with Crippen molar-refractivity contribution in [2.24, 2.45) is 5.41 Å². The summed E-state index contributed by atoms with van der Waals surface area (Å²) in [5, 5.41) is 27.9. The van der Waals surface area contributed by atoms with Crippen molar-refractivity contribution in [1.29, 1.82) is 0 Å². The van der Waals surface area contributed by atoms with Gasteiger partial charge in [0.15, 0.2) is 0 Å². The highest BCUT2D eigenvalue weighted by atomic mass is 16.5. The van der Waals surface area contributed by atoms with Crippen molar-refractivity contribution in [2.45, 2.75) is 64.9 Å². The summed E-state index contributed by atoms with van der Waals surface area (Å²) in [6, 6.07) is 0. The molecular formula is C15H30O5. The largest absolute Gasteiger partial charge is 0.465 e. The van der Waals surface area contributed by atoms with Crippen molar-refractivity contribution >= 4 is 5.97 Å². The van der Waals surface area contributed by atoms with E-state index in [4.69, 9.17) is 14.9 Å². The minimum atomic E-state index is -0.819. The third-order valence-electron chi connectivity index (χ3n) is 3.39. The first-order chi connectivity index (χ1) is 9.47. The molecule has 0 saturated heterocycles. The third kappa shape index (κ3) is 9.28. The molecule has 1 atom stereocenters. The number of esters is 1. The van der Waals surface area contributed by atoms with E-state index in [0.29, 0.717) is 6.42 Å². The molecule has 0 aromatic heterocycles. The normalized spacial score (nSPS) is 13.2. The van der Waals surface area contributed by atoms with Gasteiger partial charge in [-0.15, -0.1) is 0 Å². The van der Waals surface area contributed by atoms with Crippen molar-refractivity contribution in [3.63, 3.8) is 0 Å². The quantitative estimate of drug-likeness (QED) is 0.376. The fourth-order valence-electron chi connectivity index (χ4n) is 1.73. The summed E-state index contributed by atoms with van der Waals surface area (Å²) in [4.78, 5) is 11.5. The molecule has 0 aromatic carbocycles. The van der Waals surface area contributed by atoms with E-state index in [1.807, 2.05) is 0 Å². The zero-order valence-electron chi connectivity index (χ0n) is 12.8. The molecule has 20 heavy (non-hydrogen) atoms. The summed E-state index contributed by atoms with van der Waals surface area (Å²) in [7, 11) is 0. The van der Waals surface area contributed by atoms with Gasteiger partial charge in [0.2, 0.25) is 0 Å². The predicted octanol–water partition coefficient (Wildman–Crippen LogP) is 1.63. The number of aliphatic hydroxyl groups excluding tert-OH is 3. The Labute approximate surface area is 122 Å². The van der Waals surface area contributed by atoms with Crippen LogP contribution in [0.4, 0.5) is 0 Å². The molecule has 0 heterocycles. The number of unbranched alkanes of at least 4 members (excludes halogenated alkanes) is 4. The fraction of sp³-hybridized carbons (Fsp3) is 0.933. The Hall–Kier alpha value is -0.650. The molecule has 0 radical (unpaired) electrons. The number of carbonyl (C=O) groups is 1. The van der Waals surface area contributed by atoms with Gasteiger partial charge in [-0.25, -0.2) is 0 Å². The topological polar surface area (TPSA) is 87.0 Å². The van der Waals surface area contributed by atoms with Crippen LogP contribution in [0.2, 0.25) is 0 Å². The maximum atomic E-state index is 11.5. The number of ether oxygens (including phenoxy) is 1. The van der Waals surface area contributed by atoms with Crippen LogP contribution in [-0.2, 0) is 9.53 Å². The first kappa shape index (κ1) is 19.4. The van der Waals surface area contributed by atoms with Crippen LogP contribution >= 0.6 is 0 Å². The molecule has 0 aliphatic rings. The first-order valence-electron chi connectivity index (χ1n) is 7.53. The highest BCUT2D eigenvalue weighted by molar-refractivity contribution is 5.69. The van der Waals surface area contributed by atoms with Gasteiger partial charge in [0, 0.05) is 5.41 Å². The highest BCUT2D eigenvalue weighted by Crippen LogP contribution is 2.15. The molecule has 0 amide bonds. The molecule has 0 aliphatic heterocycles. The van der Waals surface area contributed by atoms with Crippen LogP contribution in [0.5, 0.6) is 0 Å². The highest BCUT2D eigenvalue weighted by Gasteiger charge is 2.25. The second-order valence-corrected chi connectivity index (χ2v) is 5.85. The molecule has 5 nitrogen and oxygen atoms in total. The van der Waals surface area contributed by atoms with Gasteiger partial charge < -0.3 is 20.1 Å². The Kier molecular flexibility index (Phi) is 10.7. The molecule has 0 fully saturated rings. The molecular weight excluding hydrogens is 260 g/mol. The lowest BCUT2D eigenvalue weighted by Crippen LogP contribution is -2.33. The summed E-state index contributed by atoms with van der Waals surface area (Å²) >= 11 is 0. The van der Waals surface area contributed by atoms with Gasteiger partial charge in [-0.05, 0) is 6.42 Å². The van der Waals surface area contributed by atoms with Crippen LogP contribution in [-0.4, -0.2) is 47.2 Å².